The molecule has 0 bridgehead atoms. The highest BCUT2D eigenvalue weighted by Crippen LogP contribution is 2.36. The summed E-state index contributed by atoms with van der Waals surface area (Å²) in [6.45, 7) is 4.53. The Morgan fingerprint density at radius 2 is 2.00 bits per heavy atom. The van der Waals surface area contributed by atoms with Crippen LogP contribution in [0.1, 0.15) is 18.9 Å². The lowest BCUT2D eigenvalue weighted by molar-refractivity contribution is 0.195. The summed E-state index contributed by atoms with van der Waals surface area (Å²) in [5.74, 6) is 1.92. The molecule has 1 rings (SSSR count). The molecule has 2 N–H and O–H groups in total. The molecule has 24 heavy (non-hydrogen) atoms. The summed E-state index contributed by atoms with van der Waals surface area (Å²) in [6.07, 6.45) is 0.917. The quantitative estimate of drug-likeness (QED) is 0.251. The van der Waals surface area contributed by atoms with Crippen LogP contribution in [-0.2, 0) is 11.3 Å². The standard InChI is InChI=1S/C16H26ClN3O3.HI/c1-5-23-15-13(17)9-12(10-14(15)22-4)11-20-16(18-2)19-7-6-8-21-3;/h9-10H,5-8,11H2,1-4H3,(H2,18,19,20);1H. The molecule has 0 heterocycles. The first kappa shape index (κ1) is 23.1. The van der Waals surface area contributed by atoms with Crippen LogP contribution in [0.3, 0.4) is 0 Å². The van der Waals surface area contributed by atoms with Crippen molar-refractivity contribution in [2.45, 2.75) is 19.9 Å². The Morgan fingerprint density at radius 3 is 2.58 bits per heavy atom. The van der Waals surface area contributed by atoms with Crippen molar-refractivity contribution in [3.63, 3.8) is 0 Å². The first-order valence-corrected chi connectivity index (χ1v) is 7.96. The van der Waals surface area contributed by atoms with Crippen molar-refractivity contribution in [3.05, 3.63) is 22.7 Å². The summed E-state index contributed by atoms with van der Waals surface area (Å²) >= 11 is 6.27. The summed E-state index contributed by atoms with van der Waals surface area (Å²) in [7, 11) is 5.02. The van der Waals surface area contributed by atoms with Gasteiger partial charge >= 0.3 is 0 Å². The highest BCUT2D eigenvalue weighted by molar-refractivity contribution is 14.0. The smallest absolute Gasteiger partial charge is 0.191 e. The van der Waals surface area contributed by atoms with E-state index in [1.807, 2.05) is 19.1 Å². The van der Waals surface area contributed by atoms with E-state index in [4.69, 9.17) is 25.8 Å². The van der Waals surface area contributed by atoms with Crippen LogP contribution in [0.25, 0.3) is 0 Å². The van der Waals surface area contributed by atoms with Gasteiger partial charge in [0.15, 0.2) is 17.5 Å². The number of nitrogens with zero attached hydrogens (tertiary/aromatic N) is 1. The van der Waals surface area contributed by atoms with Gasteiger partial charge in [-0.3, -0.25) is 4.99 Å². The minimum absolute atomic E-state index is 0. The van der Waals surface area contributed by atoms with Gasteiger partial charge in [0.25, 0.3) is 0 Å². The number of nitrogens with one attached hydrogen (secondary N) is 2. The van der Waals surface area contributed by atoms with Crippen molar-refractivity contribution < 1.29 is 14.2 Å². The third kappa shape index (κ3) is 7.76. The van der Waals surface area contributed by atoms with Gasteiger partial charge in [-0.25, -0.2) is 0 Å². The SMILES string of the molecule is CCOc1c(Cl)cc(CNC(=NC)NCCCOC)cc1OC.I. The van der Waals surface area contributed by atoms with Crippen molar-refractivity contribution in [1.82, 2.24) is 10.6 Å². The number of ether oxygens (including phenoxy) is 3. The fraction of sp³-hybridized carbons (Fsp3) is 0.562. The zero-order chi connectivity index (χ0) is 17.1. The van der Waals surface area contributed by atoms with E-state index in [1.165, 1.54) is 0 Å². The molecule has 1 aromatic carbocycles. The molecule has 0 aliphatic heterocycles. The Morgan fingerprint density at radius 1 is 1.25 bits per heavy atom. The Bertz CT molecular complexity index is 516. The van der Waals surface area contributed by atoms with Crippen LogP contribution >= 0.6 is 35.6 Å². The van der Waals surface area contributed by atoms with Crippen molar-refractivity contribution in [1.29, 1.82) is 0 Å². The average molecular weight is 472 g/mol. The number of methoxy groups -OCH3 is 2. The van der Waals surface area contributed by atoms with Crippen molar-refractivity contribution in [2.24, 2.45) is 4.99 Å². The van der Waals surface area contributed by atoms with Gasteiger partial charge in [-0.15, -0.1) is 24.0 Å². The van der Waals surface area contributed by atoms with Crippen LogP contribution in [0.5, 0.6) is 11.5 Å². The molecule has 0 saturated heterocycles. The number of aliphatic imine (C=N–C) groups is 1. The number of guanidine groups is 1. The lowest BCUT2D eigenvalue weighted by atomic mass is 10.2. The van der Waals surface area contributed by atoms with Crippen molar-refractivity contribution in [2.75, 3.05) is 41.0 Å². The molecule has 0 spiro atoms. The number of benzene rings is 1. The predicted octanol–water partition coefficient (Wildman–Crippen LogP) is 3.07. The molecule has 0 aromatic heterocycles. The Balaban J connectivity index is 0.00000529. The third-order valence-electron chi connectivity index (χ3n) is 3.08. The molecule has 0 aliphatic rings. The van der Waals surface area contributed by atoms with E-state index in [0.717, 1.165) is 31.1 Å². The van der Waals surface area contributed by atoms with Gasteiger partial charge in [-0.05, 0) is 31.0 Å². The maximum absolute atomic E-state index is 6.27. The first-order chi connectivity index (χ1) is 11.2. The third-order valence-corrected chi connectivity index (χ3v) is 3.36. The Kier molecular flexibility index (Phi) is 12.9. The molecule has 0 amide bonds. The van der Waals surface area contributed by atoms with E-state index < -0.39 is 0 Å². The molecular formula is C16H27ClIN3O3. The predicted molar refractivity (Wildman–Crippen MR) is 109 cm³/mol. The Hall–Kier alpha value is -0.930. The average Bonchev–Trinajstić information content (AvgIpc) is 2.56. The molecular weight excluding hydrogens is 445 g/mol. The molecule has 0 saturated carbocycles. The summed E-state index contributed by atoms with van der Waals surface area (Å²) in [4.78, 5) is 4.18. The van der Waals surface area contributed by atoms with Crippen LogP contribution in [0.4, 0.5) is 0 Å². The number of hydrogen-bond donors (Lipinski definition) is 2. The van der Waals surface area contributed by atoms with E-state index in [0.29, 0.717) is 29.7 Å². The molecule has 8 heteroatoms. The Labute approximate surface area is 166 Å². The maximum Gasteiger partial charge on any atom is 0.191 e. The summed E-state index contributed by atoms with van der Waals surface area (Å²) < 4.78 is 15.9. The summed E-state index contributed by atoms with van der Waals surface area (Å²) in [5.41, 5.74) is 0.982. The molecule has 0 radical (unpaired) electrons. The van der Waals surface area contributed by atoms with Gasteiger partial charge < -0.3 is 24.8 Å². The van der Waals surface area contributed by atoms with E-state index in [1.54, 1.807) is 21.3 Å². The second kappa shape index (κ2) is 13.4. The van der Waals surface area contributed by atoms with Crippen LogP contribution in [0.2, 0.25) is 5.02 Å². The molecule has 0 aliphatic carbocycles. The minimum atomic E-state index is 0. The minimum Gasteiger partial charge on any atom is -0.493 e. The molecule has 138 valence electrons. The van der Waals surface area contributed by atoms with Crippen LogP contribution in [-0.4, -0.2) is 47.0 Å². The first-order valence-electron chi connectivity index (χ1n) is 7.58. The van der Waals surface area contributed by atoms with E-state index in [-0.39, 0.29) is 24.0 Å². The zero-order valence-corrected chi connectivity index (χ0v) is 17.7. The normalized spacial score (nSPS) is 10.8. The topological polar surface area (TPSA) is 64.1 Å². The lowest BCUT2D eigenvalue weighted by Crippen LogP contribution is -2.37. The number of halogens is 2. The molecule has 0 fully saturated rings. The zero-order valence-electron chi connectivity index (χ0n) is 14.6. The molecule has 1 aromatic rings. The van der Waals surface area contributed by atoms with Gasteiger partial charge in [-0.2, -0.15) is 0 Å². The molecule has 6 nitrogen and oxygen atoms in total. The fourth-order valence-electron chi connectivity index (χ4n) is 1.99. The highest BCUT2D eigenvalue weighted by Gasteiger charge is 2.11. The van der Waals surface area contributed by atoms with E-state index >= 15 is 0 Å². The van der Waals surface area contributed by atoms with Gasteiger partial charge in [-0.1, -0.05) is 11.6 Å². The number of rotatable bonds is 9. The van der Waals surface area contributed by atoms with Gasteiger partial charge in [0.1, 0.15) is 0 Å². The van der Waals surface area contributed by atoms with Crippen LogP contribution < -0.4 is 20.1 Å². The monoisotopic (exact) mass is 471 g/mol. The van der Waals surface area contributed by atoms with Gasteiger partial charge in [0.05, 0.1) is 18.7 Å². The second-order valence-corrected chi connectivity index (χ2v) is 5.15. The van der Waals surface area contributed by atoms with E-state index in [9.17, 15) is 0 Å². The maximum atomic E-state index is 6.27. The lowest BCUT2D eigenvalue weighted by Gasteiger charge is -2.15. The fourth-order valence-corrected chi connectivity index (χ4v) is 2.28. The summed E-state index contributed by atoms with van der Waals surface area (Å²) in [5, 5.41) is 6.99. The highest BCUT2D eigenvalue weighted by atomic mass is 127. The second-order valence-electron chi connectivity index (χ2n) is 4.74. The summed E-state index contributed by atoms with van der Waals surface area (Å²) in [6, 6.07) is 3.77. The van der Waals surface area contributed by atoms with Gasteiger partial charge in [0, 0.05) is 33.9 Å². The molecule has 0 unspecified atom stereocenters. The largest absolute Gasteiger partial charge is 0.493 e. The van der Waals surface area contributed by atoms with Crippen LogP contribution in [0.15, 0.2) is 17.1 Å². The number of hydrogen-bond acceptors (Lipinski definition) is 4. The van der Waals surface area contributed by atoms with Crippen LogP contribution in [0, 0.1) is 0 Å². The molecule has 0 atom stereocenters. The van der Waals surface area contributed by atoms with Crippen molar-refractivity contribution >= 4 is 41.5 Å². The van der Waals surface area contributed by atoms with Crippen molar-refractivity contribution in [3.8, 4) is 11.5 Å². The van der Waals surface area contributed by atoms with Gasteiger partial charge in [0.2, 0.25) is 0 Å². The van der Waals surface area contributed by atoms with E-state index in [2.05, 4.69) is 15.6 Å².